The number of esters is 1. The number of carbonyl (C=O) groups excluding carboxylic acids is 3. The Labute approximate surface area is 197 Å². The molecule has 1 N–H and O–H groups in total. The smallest absolute Gasteiger partial charge is 0.338 e. The fraction of sp³-hybridized carbons (Fsp3) is 0.654. The number of amides is 2. The third kappa shape index (κ3) is 6.56. The fourth-order valence-corrected chi connectivity index (χ4v) is 5.30. The van der Waals surface area contributed by atoms with Crippen molar-refractivity contribution in [2.75, 3.05) is 38.1 Å². The summed E-state index contributed by atoms with van der Waals surface area (Å²) in [7, 11) is 0. The van der Waals surface area contributed by atoms with E-state index in [4.69, 9.17) is 4.74 Å². The fourth-order valence-electron chi connectivity index (χ4n) is 5.30. The zero-order valence-corrected chi connectivity index (χ0v) is 20.5. The summed E-state index contributed by atoms with van der Waals surface area (Å²) in [4.78, 5) is 42.1. The van der Waals surface area contributed by atoms with Crippen molar-refractivity contribution in [2.24, 2.45) is 17.8 Å². The number of nitrogens with zero attached hydrogens (tertiary/aromatic N) is 2. The first-order chi connectivity index (χ1) is 15.8. The summed E-state index contributed by atoms with van der Waals surface area (Å²) in [6, 6.07) is 6.54. The van der Waals surface area contributed by atoms with Gasteiger partial charge in [-0.1, -0.05) is 20.8 Å². The summed E-state index contributed by atoms with van der Waals surface area (Å²) in [6.45, 7) is 11.8. The van der Waals surface area contributed by atoms with Crippen molar-refractivity contribution in [3.63, 3.8) is 0 Å². The van der Waals surface area contributed by atoms with Crippen LogP contribution in [-0.2, 0) is 14.3 Å². The molecule has 3 atom stereocenters. The zero-order chi connectivity index (χ0) is 24.0. The Balaban J connectivity index is 1.52. The lowest BCUT2D eigenvalue weighted by Crippen LogP contribution is -2.51. The maximum absolute atomic E-state index is 13.1. The van der Waals surface area contributed by atoms with E-state index in [1.807, 2.05) is 6.92 Å². The first-order valence-corrected chi connectivity index (χ1v) is 12.4. The van der Waals surface area contributed by atoms with Gasteiger partial charge < -0.3 is 15.0 Å². The molecule has 182 valence electrons. The molecule has 0 aromatic heterocycles. The minimum absolute atomic E-state index is 0.0511. The number of likely N-dealkylation sites (tertiary alicyclic amines) is 2. The van der Waals surface area contributed by atoms with Crippen LogP contribution in [0.2, 0.25) is 0 Å². The molecule has 3 rings (SSSR count). The molecule has 1 aromatic rings. The van der Waals surface area contributed by atoms with Gasteiger partial charge in [-0.2, -0.15) is 0 Å². The standard InChI is InChI=1S/C26H39N3O4/c1-5-23(24(30)27-22-9-7-21(8-10-22)26(32)33-6-2)28-13-11-20(12-14-28)25(31)29-16-18(3)15-19(4)17-29/h7-10,18-20,23H,5-6,11-17H2,1-4H3,(H,27,30)/t18-,19+,23-/m0/s1. The van der Waals surface area contributed by atoms with Crippen LogP contribution in [-0.4, -0.2) is 66.4 Å². The molecule has 2 heterocycles. The van der Waals surface area contributed by atoms with E-state index in [9.17, 15) is 14.4 Å². The topological polar surface area (TPSA) is 79.0 Å². The Kier molecular flexibility index (Phi) is 8.89. The van der Waals surface area contributed by atoms with Gasteiger partial charge in [0.15, 0.2) is 0 Å². The van der Waals surface area contributed by atoms with Crippen molar-refractivity contribution < 1.29 is 19.1 Å². The average Bonchev–Trinajstić information content (AvgIpc) is 2.79. The van der Waals surface area contributed by atoms with Crippen molar-refractivity contribution in [1.29, 1.82) is 0 Å². The molecule has 0 bridgehead atoms. The molecule has 2 aliphatic heterocycles. The van der Waals surface area contributed by atoms with Gasteiger partial charge in [0.2, 0.25) is 11.8 Å². The van der Waals surface area contributed by atoms with E-state index in [2.05, 4.69) is 29.0 Å². The molecule has 0 saturated carbocycles. The molecule has 2 aliphatic rings. The predicted molar refractivity (Wildman–Crippen MR) is 129 cm³/mol. The monoisotopic (exact) mass is 457 g/mol. The Morgan fingerprint density at radius 2 is 1.64 bits per heavy atom. The lowest BCUT2D eigenvalue weighted by atomic mass is 9.88. The normalized spacial score (nSPS) is 23.1. The molecule has 2 amide bonds. The maximum atomic E-state index is 13.1. The summed E-state index contributed by atoms with van der Waals surface area (Å²) < 4.78 is 5.00. The first kappa shape index (κ1) is 25.2. The predicted octanol–water partition coefficient (Wildman–Crippen LogP) is 3.80. The van der Waals surface area contributed by atoms with Gasteiger partial charge in [-0.3, -0.25) is 14.5 Å². The first-order valence-electron chi connectivity index (χ1n) is 12.4. The number of ether oxygens (including phenoxy) is 1. The third-order valence-corrected chi connectivity index (χ3v) is 6.85. The van der Waals surface area contributed by atoms with E-state index < -0.39 is 0 Å². The van der Waals surface area contributed by atoms with Crippen molar-refractivity contribution in [2.45, 2.75) is 59.4 Å². The van der Waals surface area contributed by atoms with Crippen LogP contribution in [0.15, 0.2) is 24.3 Å². The minimum Gasteiger partial charge on any atom is -0.462 e. The number of benzene rings is 1. The molecular weight excluding hydrogens is 418 g/mol. The molecule has 0 radical (unpaired) electrons. The van der Waals surface area contributed by atoms with Crippen LogP contribution in [0, 0.1) is 17.8 Å². The summed E-state index contributed by atoms with van der Waals surface area (Å²) in [5, 5.41) is 2.98. The molecule has 1 aromatic carbocycles. The number of carbonyl (C=O) groups is 3. The highest BCUT2D eigenvalue weighted by Gasteiger charge is 2.35. The average molecular weight is 458 g/mol. The van der Waals surface area contributed by atoms with E-state index in [0.717, 1.165) is 39.0 Å². The summed E-state index contributed by atoms with van der Waals surface area (Å²) in [5.74, 6) is 1.08. The molecule has 7 heteroatoms. The molecule has 0 unspecified atom stereocenters. The van der Waals surface area contributed by atoms with Gasteiger partial charge in [-0.05, 0) is 81.8 Å². The van der Waals surface area contributed by atoms with Crippen molar-refractivity contribution >= 4 is 23.5 Å². The van der Waals surface area contributed by atoms with Crippen molar-refractivity contribution in [3.8, 4) is 0 Å². The van der Waals surface area contributed by atoms with Gasteiger partial charge >= 0.3 is 5.97 Å². The lowest BCUT2D eigenvalue weighted by Gasteiger charge is -2.40. The number of nitrogens with one attached hydrogen (secondary N) is 1. The molecular formula is C26H39N3O4. The molecule has 2 fully saturated rings. The Hall–Kier alpha value is -2.41. The second-order valence-corrected chi connectivity index (χ2v) is 9.71. The van der Waals surface area contributed by atoms with Crippen molar-refractivity contribution in [3.05, 3.63) is 29.8 Å². The summed E-state index contributed by atoms with van der Waals surface area (Å²) >= 11 is 0. The van der Waals surface area contributed by atoms with E-state index in [1.54, 1.807) is 31.2 Å². The van der Waals surface area contributed by atoms with E-state index in [0.29, 0.717) is 42.0 Å². The number of anilines is 1. The van der Waals surface area contributed by atoms with Crippen LogP contribution in [0.1, 0.15) is 63.7 Å². The SMILES string of the molecule is CCOC(=O)c1ccc(NC(=O)[C@H](CC)N2CCC(C(=O)N3C[C@H](C)C[C@H](C)C3)CC2)cc1. The van der Waals surface area contributed by atoms with Crippen LogP contribution in [0.4, 0.5) is 5.69 Å². The zero-order valence-electron chi connectivity index (χ0n) is 20.5. The number of hydrogen-bond donors (Lipinski definition) is 1. The Morgan fingerprint density at radius 1 is 1.03 bits per heavy atom. The molecule has 33 heavy (non-hydrogen) atoms. The third-order valence-electron chi connectivity index (χ3n) is 6.85. The summed E-state index contributed by atoms with van der Waals surface area (Å²) in [5.41, 5.74) is 1.12. The van der Waals surface area contributed by atoms with Gasteiger partial charge in [-0.25, -0.2) is 4.79 Å². The second-order valence-electron chi connectivity index (χ2n) is 9.71. The van der Waals surface area contributed by atoms with Gasteiger partial charge in [0.05, 0.1) is 18.2 Å². The van der Waals surface area contributed by atoms with Gasteiger partial charge in [0.1, 0.15) is 0 Å². The number of rotatable bonds is 7. The van der Waals surface area contributed by atoms with E-state index >= 15 is 0 Å². The summed E-state index contributed by atoms with van der Waals surface area (Å²) in [6.07, 6.45) is 3.50. The molecule has 0 aliphatic carbocycles. The van der Waals surface area contributed by atoms with Crippen LogP contribution in [0.25, 0.3) is 0 Å². The van der Waals surface area contributed by atoms with Gasteiger partial charge in [0, 0.05) is 24.7 Å². The molecule has 2 saturated heterocycles. The maximum Gasteiger partial charge on any atom is 0.338 e. The highest BCUT2D eigenvalue weighted by atomic mass is 16.5. The Bertz CT molecular complexity index is 807. The van der Waals surface area contributed by atoms with Crippen LogP contribution < -0.4 is 5.32 Å². The highest BCUT2D eigenvalue weighted by Crippen LogP contribution is 2.27. The molecule has 7 nitrogen and oxygen atoms in total. The van der Waals surface area contributed by atoms with Gasteiger partial charge in [-0.15, -0.1) is 0 Å². The van der Waals surface area contributed by atoms with Crippen LogP contribution >= 0.6 is 0 Å². The van der Waals surface area contributed by atoms with Gasteiger partial charge in [0.25, 0.3) is 0 Å². The quantitative estimate of drug-likeness (QED) is 0.630. The van der Waals surface area contributed by atoms with Crippen molar-refractivity contribution in [1.82, 2.24) is 9.80 Å². The minimum atomic E-state index is -0.368. The van der Waals surface area contributed by atoms with E-state index in [1.165, 1.54) is 6.42 Å². The molecule has 0 spiro atoms. The number of hydrogen-bond acceptors (Lipinski definition) is 5. The van der Waals surface area contributed by atoms with Crippen LogP contribution in [0.5, 0.6) is 0 Å². The second kappa shape index (κ2) is 11.6. The Morgan fingerprint density at radius 3 is 2.18 bits per heavy atom. The highest BCUT2D eigenvalue weighted by molar-refractivity contribution is 5.96. The number of piperidine rings is 2. The largest absolute Gasteiger partial charge is 0.462 e. The lowest BCUT2D eigenvalue weighted by molar-refractivity contribution is -0.140. The van der Waals surface area contributed by atoms with Crippen LogP contribution in [0.3, 0.4) is 0 Å². The van der Waals surface area contributed by atoms with E-state index in [-0.39, 0.29) is 23.8 Å².